The third kappa shape index (κ3) is 5.03. The second-order valence-corrected chi connectivity index (χ2v) is 16.1. The first-order chi connectivity index (χ1) is 19.1. The van der Waals surface area contributed by atoms with Crippen LogP contribution < -0.4 is 15.9 Å². The molecule has 0 N–H and O–H groups in total. The fraction of sp³-hybridized carbons (Fsp3) is 0.226. The standard InChI is InChI=1S/C31H33O7PS/c1-23-27(29(33)31(37-3)30(36-2)28(23)32)21-14-22-39(38-40(4,34)35,24-15-8-5-9-16-24,25-17-10-6-11-18-25)26-19-12-7-13-20-26/h5-13,15-20H,14,21-22H2,1-4H3. The number of allylic oxidation sites excluding steroid dienone is 2. The van der Waals surface area contributed by atoms with Crippen molar-refractivity contribution in [2.45, 2.75) is 19.8 Å². The third-order valence-electron chi connectivity index (χ3n) is 7.31. The fourth-order valence-corrected chi connectivity index (χ4v) is 14.1. The molecule has 210 valence electrons. The van der Waals surface area contributed by atoms with Crippen molar-refractivity contribution in [3.8, 4) is 0 Å². The van der Waals surface area contributed by atoms with Gasteiger partial charge in [-0.05, 0) is 0 Å². The molecule has 0 radical (unpaired) electrons. The maximum atomic E-state index is 13.4. The van der Waals surface area contributed by atoms with Gasteiger partial charge in [-0.25, -0.2) is 0 Å². The van der Waals surface area contributed by atoms with Gasteiger partial charge < -0.3 is 0 Å². The molecule has 0 spiro atoms. The molecule has 0 bridgehead atoms. The van der Waals surface area contributed by atoms with Gasteiger partial charge >= 0.3 is 236 Å². The van der Waals surface area contributed by atoms with Crippen molar-refractivity contribution in [1.82, 2.24) is 0 Å². The van der Waals surface area contributed by atoms with Crippen molar-refractivity contribution in [2.24, 2.45) is 0 Å². The quantitative estimate of drug-likeness (QED) is 0.248. The molecular weight excluding hydrogens is 547 g/mol. The van der Waals surface area contributed by atoms with Gasteiger partial charge in [0.05, 0.1) is 0 Å². The molecule has 0 saturated carbocycles. The zero-order valence-electron chi connectivity index (χ0n) is 23.0. The van der Waals surface area contributed by atoms with Gasteiger partial charge in [0, 0.05) is 0 Å². The van der Waals surface area contributed by atoms with E-state index in [-0.39, 0.29) is 29.7 Å². The first kappa shape index (κ1) is 29.4. The maximum absolute atomic E-state index is 13.4. The molecular formula is C31H33O7PS. The van der Waals surface area contributed by atoms with Crippen LogP contribution in [-0.2, 0) is 33.2 Å². The molecule has 0 saturated heterocycles. The molecule has 0 amide bonds. The minimum atomic E-state index is -4.20. The Morgan fingerprint density at radius 2 is 1.07 bits per heavy atom. The summed E-state index contributed by atoms with van der Waals surface area (Å²) in [5.41, 5.74) is 0.596. The number of ketones is 2. The summed E-state index contributed by atoms with van der Waals surface area (Å²) in [6.45, 7) is -2.61. The van der Waals surface area contributed by atoms with Gasteiger partial charge in [0.25, 0.3) is 0 Å². The van der Waals surface area contributed by atoms with Crippen molar-refractivity contribution < 1.29 is 31.5 Å². The Kier molecular flexibility index (Phi) is 8.45. The van der Waals surface area contributed by atoms with Gasteiger partial charge in [0.2, 0.25) is 0 Å². The molecule has 3 aromatic rings. The van der Waals surface area contributed by atoms with E-state index in [0.29, 0.717) is 12.0 Å². The average molecular weight is 581 g/mol. The Labute approximate surface area is 235 Å². The van der Waals surface area contributed by atoms with Gasteiger partial charge in [-0.15, -0.1) is 0 Å². The molecule has 7 nitrogen and oxygen atoms in total. The summed E-state index contributed by atoms with van der Waals surface area (Å²) in [6.07, 6.45) is 1.88. The summed E-state index contributed by atoms with van der Waals surface area (Å²) in [6, 6.07) is 28.2. The number of hydrogen-bond acceptors (Lipinski definition) is 7. The first-order valence-electron chi connectivity index (χ1n) is 12.8. The SMILES string of the molecule is COC1=C(OC)C(=O)C(CCCP(OS(C)(=O)=O)(c2ccccc2)(c2ccccc2)c2ccccc2)=C(C)C1=O. The van der Waals surface area contributed by atoms with Gasteiger partial charge in [-0.1, -0.05) is 0 Å². The van der Waals surface area contributed by atoms with Crippen LogP contribution in [0.1, 0.15) is 19.8 Å². The van der Waals surface area contributed by atoms with Gasteiger partial charge in [0.1, 0.15) is 0 Å². The van der Waals surface area contributed by atoms with E-state index in [2.05, 4.69) is 0 Å². The molecule has 0 heterocycles. The summed E-state index contributed by atoms with van der Waals surface area (Å²) in [7, 11) is -1.37. The first-order valence-corrected chi connectivity index (χ1v) is 17.0. The summed E-state index contributed by atoms with van der Waals surface area (Å²) in [5, 5.41) is 2.23. The third-order valence-corrected chi connectivity index (χ3v) is 15.1. The Morgan fingerprint density at radius 1 is 0.675 bits per heavy atom. The van der Waals surface area contributed by atoms with Crippen LogP contribution in [0.2, 0.25) is 0 Å². The Bertz CT molecular complexity index is 1480. The topological polar surface area (TPSA) is 96.0 Å². The fourth-order valence-electron chi connectivity index (χ4n) is 5.58. The summed E-state index contributed by atoms with van der Waals surface area (Å²) in [5.74, 6) is -1.08. The van der Waals surface area contributed by atoms with Crippen LogP contribution in [0.4, 0.5) is 0 Å². The number of benzene rings is 3. The van der Waals surface area contributed by atoms with E-state index in [4.69, 9.17) is 13.4 Å². The number of carbonyl (C=O) groups is 2. The van der Waals surface area contributed by atoms with E-state index in [1.165, 1.54) is 14.2 Å². The normalized spacial score (nSPS) is 15.6. The monoisotopic (exact) mass is 580 g/mol. The van der Waals surface area contributed by atoms with E-state index >= 15 is 0 Å². The number of rotatable bonds is 11. The number of Topliss-reactive ketones (excluding diaryl/α,β-unsaturated/α-hetero) is 2. The molecule has 1 aliphatic carbocycles. The molecule has 0 aliphatic heterocycles. The van der Waals surface area contributed by atoms with Gasteiger partial charge in [0.15, 0.2) is 0 Å². The summed E-state index contributed by atoms with van der Waals surface area (Å²) < 4.78 is 43.3. The molecule has 0 aromatic heterocycles. The van der Waals surface area contributed by atoms with Gasteiger partial charge in [-0.2, -0.15) is 0 Å². The predicted molar refractivity (Wildman–Crippen MR) is 159 cm³/mol. The molecule has 1 aliphatic rings. The predicted octanol–water partition coefficient (Wildman–Crippen LogP) is 4.16. The van der Waals surface area contributed by atoms with Crippen LogP contribution >= 0.6 is 6.83 Å². The number of methoxy groups -OCH3 is 2. The van der Waals surface area contributed by atoms with Crippen LogP contribution in [0.25, 0.3) is 0 Å². The Morgan fingerprint density at radius 3 is 1.45 bits per heavy atom. The number of ether oxygens (including phenoxy) is 2. The van der Waals surface area contributed by atoms with Crippen molar-refractivity contribution in [3.63, 3.8) is 0 Å². The molecule has 4 rings (SSSR count). The van der Waals surface area contributed by atoms with E-state index in [1.807, 2.05) is 91.0 Å². The van der Waals surface area contributed by atoms with Crippen molar-refractivity contribution >= 4 is 44.4 Å². The van der Waals surface area contributed by atoms with E-state index < -0.39 is 28.5 Å². The second-order valence-electron chi connectivity index (χ2n) is 9.65. The van der Waals surface area contributed by atoms with Gasteiger partial charge in [-0.3, -0.25) is 0 Å². The van der Waals surface area contributed by atoms with E-state index in [9.17, 15) is 18.0 Å². The van der Waals surface area contributed by atoms with Crippen molar-refractivity contribution in [1.29, 1.82) is 0 Å². The minimum absolute atomic E-state index is 0.119. The van der Waals surface area contributed by atoms with Crippen LogP contribution in [0.15, 0.2) is 114 Å². The molecule has 3 aromatic carbocycles. The summed E-state index contributed by atoms with van der Waals surface area (Å²) in [4.78, 5) is 26.4. The zero-order valence-corrected chi connectivity index (χ0v) is 24.7. The second kappa shape index (κ2) is 11.5. The Hall–Kier alpha value is -3.58. The Balaban J connectivity index is 1.94. The zero-order chi connectivity index (χ0) is 29.0. The van der Waals surface area contributed by atoms with Crippen molar-refractivity contribution in [2.75, 3.05) is 26.6 Å². The van der Waals surface area contributed by atoms with Crippen LogP contribution in [0.5, 0.6) is 0 Å². The number of hydrogen-bond donors (Lipinski definition) is 0. The molecule has 0 atom stereocenters. The molecule has 40 heavy (non-hydrogen) atoms. The molecule has 0 unspecified atom stereocenters. The van der Waals surface area contributed by atoms with Crippen molar-refractivity contribution in [3.05, 3.63) is 114 Å². The van der Waals surface area contributed by atoms with Crippen LogP contribution in [0, 0.1) is 0 Å². The average Bonchev–Trinajstić information content (AvgIpc) is 2.97. The number of carbonyl (C=O) groups excluding carboxylic acids is 2. The molecule has 0 fully saturated rings. The summed E-state index contributed by atoms with van der Waals surface area (Å²) >= 11 is 0. The van der Waals surface area contributed by atoms with Crippen LogP contribution in [-0.4, -0.2) is 46.6 Å². The van der Waals surface area contributed by atoms with E-state index in [1.54, 1.807) is 6.92 Å². The molecule has 9 heteroatoms. The van der Waals surface area contributed by atoms with E-state index in [0.717, 1.165) is 22.2 Å². The van der Waals surface area contributed by atoms with Crippen LogP contribution in [0.3, 0.4) is 0 Å².